The molecule has 5 nitrogen and oxygen atoms in total. The summed E-state index contributed by atoms with van der Waals surface area (Å²) in [5, 5.41) is 2.60. The second-order valence-electron chi connectivity index (χ2n) is 5.85. The highest BCUT2D eigenvalue weighted by atomic mass is 19.4. The van der Waals surface area contributed by atoms with Gasteiger partial charge >= 0.3 is 6.18 Å². The summed E-state index contributed by atoms with van der Waals surface area (Å²) in [6.45, 7) is 2.93. The number of halogens is 3. The molecule has 1 N–H and O–H groups in total. The van der Waals surface area contributed by atoms with Gasteiger partial charge in [-0.05, 0) is 30.9 Å². The number of piperidine rings is 1. The van der Waals surface area contributed by atoms with Crippen LogP contribution in [0.25, 0.3) is 0 Å². The molecule has 132 valence electrons. The van der Waals surface area contributed by atoms with Crippen molar-refractivity contribution in [1.29, 1.82) is 0 Å². The van der Waals surface area contributed by atoms with Gasteiger partial charge in [0.1, 0.15) is 11.7 Å². The molecule has 8 heteroatoms. The van der Waals surface area contributed by atoms with Crippen LogP contribution in [0.5, 0.6) is 0 Å². The molecule has 1 saturated heterocycles. The molecule has 0 radical (unpaired) electrons. The molecule has 24 heavy (non-hydrogen) atoms. The lowest BCUT2D eigenvalue weighted by atomic mass is 9.96. The van der Waals surface area contributed by atoms with E-state index in [1.54, 1.807) is 12.1 Å². The predicted octanol–water partition coefficient (Wildman–Crippen LogP) is 2.32. The number of aromatic nitrogens is 1. The molecule has 2 heterocycles. The number of nitrogens with zero attached hydrogens (tertiary/aromatic N) is 2. The van der Waals surface area contributed by atoms with Crippen molar-refractivity contribution in [1.82, 2.24) is 15.2 Å². The molecular weight excluding hydrogens is 323 g/mol. The normalized spacial score (nSPS) is 21.5. The Balaban J connectivity index is 2.32. The van der Waals surface area contributed by atoms with Crippen molar-refractivity contribution in [3.8, 4) is 0 Å². The number of hydrogen-bond acceptors (Lipinski definition) is 3. The first-order chi connectivity index (χ1) is 11.2. The average molecular weight is 343 g/mol. The molecule has 0 spiro atoms. The fraction of sp³-hybridized carbons (Fsp3) is 0.562. The third kappa shape index (κ3) is 4.04. The van der Waals surface area contributed by atoms with Crippen LogP contribution in [0.3, 0.4) is 0 Å². The summed E-state index contributed by atoms with van der Waals surface area (Å²) in [5.41, 5.74) is 0.641. The number of amides is 2. The van der Waals surface area contributed by atoms with Crippen LogP contribution in [-0.4, -0.2) is 46.5 Å². The first kappa shape index (κ1) is 18.2. The lowest BCUT2D eigenvalue weighted by Gasteiger charge is -2.40. The highest BCUT2D eigenvalue weighted by Gasteiger charge is 2.48. The minimum atomic E-state index is -4.52. The van der Waals surface area contributed by atoms with Gasteiger partial charge in [-0.15, -0.1) is 0 Å². The van der Waals surface area contributed by atoms with E-state index in [1.165, 1.54) is 13.1 Å². The van der Waals surface area contributed by atoms with Gasteiger partial charge in [0.05, 0.1) is 0 Å². The molecule has 0 saturated carbocycles. The molecule has 1 aromatic heterocycles. The van der Waals surface area contributed by atoms with Crippen molar-refractivity contribution in [2.45, 2.75) is 51.4 Å². The van der Waals surface area contributed by atoms with Crippen LogP contribution in [0.2, 0.25) is 0 Å². The third-order valence-electron chi connectivity index (χ3n) is 4.10. The fourth-order valence-electron chi connectivity index (χ4n) is 2.99. The largest absolute Gasteiger partial charge is 0.408 e. The minimum Gasteiger partial charge on any atom is -0.352 e. The summed E-state index contributed by atoms with van der Waals surface area (Å²) in [4.78, 5) is 28.7. The topological polar surface area (TPSA) is 62.3 Å². The summed E-state index contributed by atoms with van der Waals surface area (Å²) >= 11 is 0. The Bertz CT molecular complexity index is 619. The maximum absolute atomic E-state index is 13.3. The van der Waals surface area contributed by atoms with Gasteiger partial charge in [-0.2, -0.15) is 13.2 Å². The number of carbonyl (C=O) groups is 2. The number of nitrogens with one attached hydrogen (secondary N) is 1. The average Bonchev–Trinajstić information content (AvgIpc) is 2.52. The Hall–Kier alpha value is -2.12. The summed E-state index contributed by atoms with van der Waals surface area (Å²) < 4.78 is 40.0. The van der Waals surface area contributed by atoms with Gasteiger partial charge in [-0.1, -0.05) is 13.0 Å². The van der Waals surface area contributed by atoms with Crippen molar-refractivity contribution in [2.24, 2.45) is 0 Å². The second-order valence-corrected chi connectivity index (χ2v) is 5.85. The van der Waals surface area contributed by atoms with Crippen LogP contribution in [0.1, 0.15) is 42.7 Å². The Morgan fingerprint density at radius 2 is 2.08 bits per heavy atom. The Morgan fingerprint density at radius 3 is 2.67 bits per heavy atom. The number of hydrogen-bond donors (Lipinski definition) is 1. The zero-order chi connectivity index (χ0) is 17.9. The fourth-order valence-corrected chi connectivity index (χ4v) is 2.99. The van der Waals surface area contributed by atoms with Gasteiger partial charge in [0.25, 0.3) is 5.91 Å². The van der Waals surface area contributed by atoms with Crippen molar-refractivity contribution in [3.63, 3.8) is 0 Å². The molecule has 2 unspecified atom stereocenters. The van der Waals surface area contributed by atoms with E-state index in [9.17, 15) is 22.8 Å². The van der Waals surface area contributed by atoms with Gasteiger partial charge in [0, 0.05) is 25.7 Å². The molecule has 2 atom stereocenters. The molecule has 1 aromatic rings. The smallest absolute Gasteiger partial charge is 0.352 e. The van der Waals surface area contributed by atoms with Crippen molar-refractivity contribution in [2.75, 3.05) is 6.54 Å². The van der Waals surface area contributed by atoms with E-state index in [1.807, 2.05) is 6.92 Å². The maximum atomic E-state index is 13.3. The number of pyridine rings is 1. The monoisotopic (exact) mass is 343 g/mol. The molecule has 1 aliphatic rings. The number of carbonyl (C=O) groups excluding carboxylic acids is 2. The maximum Gasteiger partial charge on any atom is 0.408 e. The highest BCUT2D eigenvalue weighted by molar-refractivity contribution is 5.94. The quantitative estimate of drug-likeness (QED) is 0.916. The number of alkyl halides is 3. The molecule has 2 rings (SSSR count). The van der Waals surface area contributed by atoms with E-state index in [-0.39, 0.29) is 31.0 Å². The molecule has 1 aliphatic heterocycles. The van der Waals surface area contributed by atoms with E-state index in [0.29, 0.717) is 12.0 Å². The standard InChI is InChI=1S/C16H20F3N3O2/c1-3-11-5-4-8-20-14(11)15(24)22-9-12(21-10(2)23)6-7-13(22)16(17,18)19/h4-5,8,12-13H,3,6-7,9H2,1-2H3,(H,21,23). The SMILES string of the molecule is CCc1cccnc1C(=O)N1CC(NC(C)=O)CCC1C(F)(F)F. The van der Waals surface area contributed by atoms with Crippen LogP contribution >= 0.6 is 0 Å². The summed E-state index contributed by atoms with van der Waals surface area (Å²) in [6, 6.07) is 0.978. The zero-order valence-electron chi connectivity index (χ0n) is 13.6. The lowest BCUT2D eigenvalue weighted by Crippen LogP contribution is -2.58. The highest BCUT2D eigenvalue weighted by Crippen LogP contribution is 2.33. The van der Waals surface area contributed by atoms with Gasteiger partial charge in [-0.3, -0.25) is 14.6 Å². The third-order valence-corrected chi connectivity index (χ3v) is 4.10. The van der Waals surface area contributed by atoms with Crippen LogP contribution in [-0.2, 0) is 11.2 Å². The molecular formula is C16H20F3N3O2. The van der Waals surface area contributed by atoms with Gasteiger partial charge in [-0.25, -0.2) is 0 Å². The summed E-state index contributed by atoms with van der Waals surface area (Å²) in [5.74, 6) is -1.07. The van der Waals surface area contributed by atoms with Gasteiger partial charge in [0.15, 0.2) is 0 Å². The van der Waals surface area contributed by atoms with Gasteiger partial charge in [0.2, 0.25) is 5.91 Å². The first-order valence-electron chi connectivity index (χ1n) is 7.82. The van der Waals surface area contributed by atoms with E-state index in [4.69, 9.17) is 0 Å². The zero-order valence-corrected chi connectivity index (χ0v) is 13.6. The molecule has 0 aromatic carbocycles. The second kappa shape index (κ2) is 7.19. The Morgan fingerprint density at radius 1 is 1.38 bits per heavy atom. The predicted molar refractivity (Wildman–Crippen MR) is 81.3 cm³/mol. The summed E-state index contributed by atoms with van der Waals surface area (Å²) in [7, 11) is 0. The molecule has 1 fully saturated rings. The lowest BCUT2D eigenvalue weighted by molar-refractivity contribution is -0.184. The van der Waals surface area contributed by atoms with Gasteiger partial charge < -0.3 is 10.2 Å². The van der Waals surface area contributed by atoms with E-state index < -0.39 is 24.2 Å². The number of aryl methyl sites for hydroxylation is 1. The van der Waals surface area contributed by atoms with Crippen molar-refractivity contribution >= 4 is 11.8 Å². The van der Waals surface area contributed by atoms with Crippen LogP contribution in [0, 0.1) is 0 Å². The molecule has 2 amide bonds. The Labute approximate surface area is 138 Å². The van der Waals surface area contributed by atoms with E-state index >= 15 is 0 Å². The van der Waals surface area contributed by atoms with E-state index in [2.05, 4.69) is 10.3 Å². The number of likely N-dealkylation sites (tertiary alicyclic amines) is 1. The molecule has 0 bridgehead atoms. The molecule has 0 aliphatic carbocycles. The summed E-state index contributed by atoms with van der Waals surface area (Å²) in [6.07, 6.45) is -2.69. The number of rotatable bonds is 3. The van der Waals surface area contributed by atoms with E-state index in [0.717, 1.165) is 4.90 Å². The van der Waals surface area contributed by atoms with Crippen LogP contribution in [0.15, 0.2) is 18.3 Å². The first-order valence-corrected chi connectivity index (χ1v) is 7.82. The Kier molecular flexibility index (Phi) is 5.46. The van der Waals surface area contributed by atoms with Crippen molar-refractivity contribution in [3.05, 3.63) is 29.6 Å². The van der Waals surface area contributed by atoms with Crippen molar-refractivity contribution < 1.29 is 22.8 Å². The minimum absolute atomic E-state index is 0.0396. The van der Waals surface area contributed by atoms with Crippen LogP contribution < -0.4 is 5.32 Å². The van der Waals surface area contributed by atoms with Crippen LogP contribution in [0.4, 0.5) is 13.2 Å².